The molecule has 2 unspecified atom stereocenters. The molecule has 0 aliphatic rings. The van der Waals surface area contributed by atoms with Crippen LogP contribution in [0, 0.1) is 5.92 Å². The summed E-state index contributed by atoms with van der Waals surface area (Å²) in [5.41, 5.74) is 0. The summed E-state index contributed by atoms with van der Waals surface area (Å²) in [6, 6.07) is 0. The topological polar surface area (TPSA) is 101 Å². The Kier molecular flexibility index (Phi) is 9.51. The molecule has 20 heavy (non-hydrogen) atoms. The number of unbranched alkanes of at least 4 members (excludes halogenated alkanes) is 1. The second kappa shape index (κ2) is 9.94. The van der Waals surface area contributed by atoms with E-state index in [0.717, 1.165) is 12.8 Å². The summed E-state index contributed by atoms with van der Waals surface area (Å²) in [5, 5.41) is 8.32. The number of carboxylic acid groups (broad SMARTS) is 1. The van der Waals surface area contributed by atoms with Gasteiger partial charge in [-0.25, -0.2) is 4.79 Å². The zero-order chi connectivity index (χ0) is 15.6. The van der Waals surface area contributed by atoms with Crippen LogP contribution in [0.3, 0.4) is 0 Å². The lowest BCUT2D eigenvalue weighted by atomic mass is 10.1. The van der Waals surface area contributed by atoms with Gasteiger partial charge in [0.05, 0.1) is 0 Å². The predicted octanol–water partition coefficient (Wildman–Crippen LogP) is 2.49. The number of carbonyl (C=O) groups excluding carboxylic acids is 1. The van der Waals surface area contributed by atoms with Gasteiger partial charge in [0.15, 0.2) is 6.61 Å². The number of ether oxygens (including phenoxy) is 1. The van der Waals surface area contributed by atoms with Gasteiger partial charge < -0.3 is 14.7 Å². The van der Waals surface area contributed by atoms with Gasteiger partial charge in [-0.1, -0.05) is 26.7 Å². The minimum absolute atomic E-state index is 0.0811. The molecule has 0 bridgehead atoms. The van der Waals surface area contributed by atoms with E-state index in [2.05, 4.69) is 4.74 Å². The molecule has 0 saturated carbocycles. The van der Waals surface area contributed by atoms with Crippen molar-refractivity contribution >= 4 is 19.3 Å². The summed E-state index contributed by atoms with van der Waals surface area (Å²) >= 11 is 0. The molecule has 0 aliphatic carbocycles. The maximum absolute atomic E-state index is 11.9. The maximum Gasteiger partial charge on any atom is 0.341 e. The number of aliphatic carboxylic acids is 1. The Hall–Kier alpha value is -0.870. The van der Waals surface area contributed by atoms with Gasteiger partial charge in [0.1, 0.15) is 0 Å². The van der Waals surface area contributed by atoms with Gasteiger partial charge in [-0.15, -0.1) is 0 Å². The summed E-state index contributed by atoms with van der Waals surface area (Å²) in [4.78, 5) is 31.1. The van der Waals surface area contributed by atoms with Crippen molar-refractivity contribution in [2.75, 3.05) is 18.9 Å². The molecule has 0 aromatic carbocycles. The molecule has 0 aliphatic heterocycles. The van der Waals surface area contributed by atoms with Crippen molar-refractivity contribution in [3.8, 4) is 0 Å². The van der Waals surface area contributed by atoms with Crippen molar-refractivity contribution < 1.29 is 28.9 Å². The fourth-order valence-electron chi connectivity index (χ4n) is 2.00. The van der Waals surface area contributed by atoms with Crippen molar-refractivity contribution in [1.29, 1.82) is 0 Å². The minimum atomic E-state index is -3.12. The van der Waals surface area contributed by atoms with Crippen molar-refractivity contribution in [3.05, 3.63) is 0 Å². The molecule has 0 heterocycles. The molecule has 0 rings (SSSR count). The van der Waals surface area contributed by atoms with Gasteiger partial charge in [0.25, 0.3) is 0 Å². The van der Waals surface area contributed by atoms with Crippen LogP contribution in [0.25, 0.3) is 0 Å². The van der Waals surface area contributed by atoms with Gasteiger partial charge in [-0.3, -0.25) is 9.36 Å². The first kappa shape index (κ1) is 19.1. The normalized spacial score (nSPS) is 15.3. The first-order valence-electron chi connectivity index (χ1n) is 6.95. The lowest BCUT2D eigenvalue weighted by Gasteiger charge is -2.16. The van der Waals surface area contributed by atoms with E-state index in [1.54, 1.807) is 0 Å². The molecule has 0 aromatic rings. The molecule has 118 valence electrons. The Labute approximate surface area is 120 Å². The largest absolute Gasteiger partial charge is 0.479 e. The van der Waals surface area contributed by atoms with E-state index in [1.165, 1.54) is 0 Å². The first-order valence-corrected chi connectivity index (χ1v) is 8.98. The monoisotopic (exact) mass is 308 g/mol. The molecule has 0 aromatic heterocycles. The highest BCUT2D eigenvalue weighted by molar-refractivity contribution is 7.57. The van der Waals surface area contributed by atoms with E-state index < -0.39 is 25.9 Å². The van der Waals surface area contributed by atoms with Crippen molar-refractivity contribution in [1.82, 2.24) is 0 Å². The minimum Gasteiger partial charge on any atom is -0.479 e. The van der Waals surface area contributed by atoms with Gasteiger partial charge in [0.2, 0.25) is 7.37 Å². The predicted molar refractivity (Wildman–Crippen MR) is 76.1 cm³/mol. The van der Waals surface area contributed by atoms with Gasteiger partial charge in [-0.2, -0.15) is 0 Å². The van der Waals surface area contributed by atoms with E-state index in [1.807, 2.05) is 13.8 Å². The van der Waals surface area contributed by atoms with Crippen LogP contribution in [0.5, 0.6) is 0 Å². The molecule has 2 atom stereocenters. The molecule has 0 saturated heterocycles. The number of rotatable bonds is 11. The van der Waals surface area contributed by atoms with E-state index in [9.17, 15) is 19.0 Å². The molecular weight excluding hydrogens is 283 g/mol. The molecule has 0 amide bonds. The van der Waals surface area contributed by atoms with Gasteiger partial charge in [-0.05, 0) is 18.8 Å². The highest BCUT2D eigenvalue weighted by Gasteiger charge is 2.21. The lowest BCUT2D eigenvalue weighted by Crippen LogP contribution is -2.12. The number of hydrogen-bond donors (Lipinski definition) is 2. The maximum atomic E-state index is 11.9. The molecule has 0 spiro atoms. The second-order valence-corrected chi connectivity index (χ2v) is 7.66. The lowest BCUT2D eigenvalue weighted by molar-refractivity contribution is -0.155. The van der Waals surface area contributed by atoms with Crippen LogP contribution in [-0.2, 0) is 18.9 Å². The summed E-state index contributed by atoms with van der Waals surface area (Å²) < 4.78 is 16.4. The molecule has 6 nitrogen and oxygen atoms in total. The van der Waals surface area contributed by atoms with E-state index >= 15 is 0 Å². The van der Waals surface area contributed by atoms with E-state index in [4.69, 9.17) is 5.11 Å². The smallest absolute Gasteiger partial charge is 0.341 e. The molecule has 7 heteroatoms. The van der Waals surface area contributed by atoms with Crippen LogP contribution in [0.1, 0.15) is 46.0 Å². The standard InChI is InChI=1S/C13H25O6P/c1-3-6-11(2)10-20(17,18)8-5-4-7-13(16)19-9-12(14)15/h11H,3-10H2,1-2H3,(H,14,15)(H,17,18). The highest BCUT2D eigenvalue weighted by Crippen LogP contribution is 2.44. The molecule has 2 N–H and O–H groups in total. The van der Waals surface area contributed by atoms with Crippen LogP contribution in [0.2, 0.25) is 0 Å². The summed E-state index contributed by atoms with van der Waals surface area (Å²) in [5.74, 6) is -1.54. The summed E-state index contributed by atoms with van der Waals surface area (Å²) in [6.45, 7) is 3.38. The Balaban J connectivity index is 3.79. The number of carboxylic acids is 1. The highest BCUT2D eigenvalue weighted by atomic mass is 31.2. The van der Waals surface area contributed by atoms with Crippen molar-refractivity contribution in [3.63, 3.8) is 0 Å². The third-order valence-electron chi connectivity index (χ3n) is 2.87. The average Bonchev–Trinajstić information content (AvgIpc) is 2.31. The Bertz CT molecular complexity index is 355. The summed E-state index contributed by atoms with van der Waals surface area (Å²) in [7, 11) is -3.12. The fraction of sp³-hybridized carbons (Fsp3) is 0.846. The van der Waals surface area contributed by atoms with Crippen LogP contribution < -0.4 is 0 Å². The fourth-order valence-corrected chi connectivity index (χ4v) is 4.06. The SMILES string of the molecule is CCCC(C)CP(=O)(O)CCCCC(=O)OCC(=O)O. The Morgan fingerprint density at radius 1 is 1.30 bits per heavy atom. The van der Waals surface area contributed by atoms with Crippen molar-refractivity contribution in [2.45, 2.75) is 46.0 Å². The zero-order valence-corrected chi connectivity index (χ0v) is 13.1. The van der Waals surface area contributed by atoms with E-state index in [0.29, 0.717) is 19.0 Å². The number of carbonyl (C=O) groups is 2. The zero-order valence-electron chi connectivity index (χ0n) is 12.2. The molecular formula is C13H25O6P. The van der Waals surface area contributed by atoms with Crippen LogP contribution in [0.15, 0.2) is 0 Å². The number of esters is 1. The average molecular weight is 308 g/mol. The Morgan fingerprint density at radius 3 is 2.50 bits per heavy atom. The summed E-state index contributed by atoms with van der Waals surface area (Å²) in [6.07, 6.45) is 3.44. The number of hydrogen-bond acceptors (Lipinski definition) is 4. The van der Waals surface area contributed by atoms with E-state index in [-0.39, 0.29) is 18.5 Å². The van der Waals surface area contributed by atoms with Crippen LogP contribution >= 0.6 is 7.37 Å². The van der Waals surface area contributed by atoms with Crippen LogP contribution in [-0.4, -0.2) is 40.9 Å². The third kappa shape index (κ3) is 11.0. The third-order valence-corrected chi connectivity index (χ3v) is 5.08. The quantitative estimate of drug-likeness (QED) is 0.345. The molecule has 0 radical (unpaired) electrons. The first-order chi connectivity index (χ1) is 9.26. The second-order valence-electron chi connectivity index (χ2n) is 5.16. The van der Waals surface area contributed by atoms with Gasteiger partial charge >= 0.3 is 11.9 Å². The van der Waals surface area contributed by atoms with Crippen molar-refractivity contribution in [2.24, 2.45) is 5.92 Å². The van der Waals surface area contributed by atoms with Gasteiger partial charge in [0, 0.05) is 18.7 Å². The molecule has 0 fully saturated rings. The van der Waals surface area contributed by atoms with Crippen LogP contribution in [0.4, 0.5) is 0 Å². The Morgan fingerprint density at radius 2 is 1.95 bits per heavy atom.